The Morgan fingerprint density at radius 1 is 1.25 bits per heavy atom. The summed E-state index contributed by atoms with van der Waals surface area (Å²) in [6, 6.07) is 1.73. The molecule has 4 nitrogen and oxygen atoms in total. The minimum atomic E-state index is -4.00. The molecule has 3 heterocycles. The van der Waals surface area contributed by atoms with Crippen LogP contribution in [0.1, 0.15) is 30.8 Å². The summed E-state index contributed by atoms with van der Waals surface area (Å²) in [5, 5.41) is 0. The van der Waals surface area contributed by atoms with E-state index in [0.29, 0.717) is 28.4 Å². The molecule has 0 atom stereocenters. The van der Waals surface area contributed by atoms with Crippen LogP contribution >= 0.6 is 10.8 Å². The van der Waals surface area contributed by atoms with Gasteiger partial charge in [-0.05, 0) is 48.9 Å². The first kappa shape index (κ1) is 17.5. The molecule has 9 heteroatoms. The quantitative estimate of drug-likeness (QED) is 0.605. The largest absolute Gasteiger partial charge is 0.737 e. The molecule has 3 rings (SSSR count). The Balaban J connectivity index is 2.33. The number of aryl methyl sites for hydroxylation is 2. The minimum Gasteiger partial charge on any atom is -0.394 e. The zero-order valence-electron chi connectivity index (χ0n) is 14.2. The molecule has 0 amide bonds. The lowest BCUT2D eigenvalue weighted by molar-refractivity contribution is -0.363. The van der Waals surface area contributed by atoms with Crippen molar-refractivity contribution in [1.82, 2.24) is 4.48 Å². The molecule has 0 N–H and O–H groups in total. The minimum absolute atomic E-state index is 0.138. The van der Waals surface area contributed by atoms with Gasteiger partial charge < -0.3 is 17.6 Å². The fourth-order valence-corrected chi connectivity index (χ4v) is 5.33. The molecule has 0 spiro atoms. The summed E-state index contributed by atoms with van der Waals surface area (Å²) >= 11 is 0. The molecular formula is C15H19BF2N2O2S2. The van der Waals surface area contributed by atoms with Crippen molar-refractivity contribution < 1.29 is 21.5 Å². The van der Waals surface area contributed by atoms with Crippen LogP contribution in [0.25, 0.3) is 5.57 Å². The maximum atomic E-state index is 15.2. The van der Waals surface area contributed by atoms with Gasteiger partial charge in [-0.3, -0.25) is 0 Å². The van der Waals surface area contributed by atoms with E-state index in [4.69, 9.17) is 0 Å². The van der Waals surface area contributed by atoms with E-state index in [1.54, 1.807) is 39.8 Å². The smallest absolute Gasteiger partial charge is 0.394 e. The number of fused-ring (bicyclic) bond motifs is 2. The van der Waals surface area contributed by atoms with E-state index < -0.39 is 15.8 Å². The van der Waals surface area contributed by atoms with Gasteiger partial charge in [0.25, 0.3) is 0 Å². The van der Waals surface area contributed by atoms with Crippen molar-refractivity contribution in [3.05, 3.63) is 40.4 Å². The van der Waals surface area contributed by atoms with Gasteiger partial charge in [-0.15, -0.1) is 0 Å². The number of allylic oxidation sites excluding steroid dienone is 2. The first-order valence-corrected chi connectivity index (χ1v) is 10.9. The van der Waals surface area contributed by atoms with Gasteiger partial charge in [-0.1, -0.05) is 0 Å². The average Bonchev–Trinajstić information content (AvgIpc) is 2.87. The number of hydrogen-bond acceptors (Lipinski definition) is 3. The number of nitrogens with zero attached hydrogens (tertiary/aromatic N) is 2. The molecule has 0 aromatic carbocycles. The summed E-state index contributed by atoms with van der Waals surface area (Å²) < 4.78 is 55.8. The predicted octanol–water partition coefficient (Wildman–Crippen LogP) is 3.18. The Morgan fingerprint density at radius 2 is 1.88 bits per heavy atom. The van der Waals surface area contributed by atoms with Crippen LogP contribution < -0.4 is 0 Å². The first-order valence-electron chi connectivity index (χ1n) is 7.55. The van der Waals surface area contributed by atoms with Crippen molar-refractivity contribution in [2.24, 2.45) is 0 Å². The van der Waals surface area contributed by atoms with E-state index >= 15 is 8.63 Å². The van der Waals surface area contributed by atoms with Gasteiger partial charge >= 0.3 is 6.97 Å². The van der Waals surface area contributed by atoms with Crippen molar-refractivity contribution in [1.29, 1.82) is 0 Å². The predicted molar refractivity (Wildman–Crippen MR) is 96.2 cm³/mol. The van der Waals surface area contributed by atoms with Crippen LogP contribution in [0.2, 0.25) is 0 Å². The number of rotatable bonds is 3. The van der Waals surface area contributed by atoms with Crippen molar-refractivity contribution in [2.75, 3.05) is 12.0 Å². The van der Waals surface area contributed by atoms with Gasteiger partial charge in [-0.2, -0.15) is 0 Å². The lowest BCUT2D eigenvalue weighted by Crippen LogP contribution is -2.51. The zero-order valence-corrected chi connectivity index (χ0v) is 15.9. The van der Waals surface area contributed by atoms with Crippen LogP contribution in [0.4, 0.5) is 8.63 Å². The molecule has 0 saturated heterocycles. The van der Waals surface area contributed by atoms with Crippen LogP contribution in [-0.2, 0) is 8.87 Å². The van der Waals surface area contributed by atoms with Gasteiger partial charge in [0, 0.05) is 36.3 Å². The molecule has 0 fully saturated rings. The zero-order chi connectivity index (χ0) is 18.0. The maximum absolute atomic E-state index is 15.2. The van der Waals surface area contributed by atoms with Crippen LogP contribution in [0.15, 0.2) is 23.4 Å². The third-order valence-corrected chi connectivity index (χ3v) is 6.92. The lowest BCUT2D eigenvalue weighted by atomic mass is 9.86. The summed E-state index contributed by atoms with van der Waals surface area (Å²) in [6.45, 7) is 2.90. The Labute approximate surface area is 144 Å². The Bertz CT molecular complexity index is 956. The van der Waals surface area contributed by atoms with Gasteiger partial charge in [0.15, 0.2) is 14.6 Å². The third-order valence-electron chi connectivity index (χ3n) is 4.45. The summed E-state index contributed by atoms with van der Waals surface area (Å²) in [7, 11) is -2.50. The van der Waals surface area contributed by atoms with Gasteiger partial charge in [-0.25, -0.2) is 8.42 Å². The molecule has 0 radical (unpaired) electrons. The molecule has 2 aliphatic rings. The molecule has 1 aromatic heterocycles. The summed E-state index contributed by atoms with van der Waals surface area (Å²) in [6.07, 6.45) is 2.86. The number of hydrogen-bond donors (Lipinski definition) is 0. The molecule has 0 aliphatic carbocycles. The second-order valence-electron chi connectivity index (χ2n) is 6.41. The fourth-order valence-electron chi connectivity index (χ4n) is 3.73. The Morgan fingerprint density at radius 3 is 2.46 bits per heavy atom. The lowest BCUT2D eigenvalue weighted by Gasteiger charge is -2.33. The normalized spacial score (nSPS) is 19.5. The molecule has 0 saturated carbocycles. The third kappa shape index (κ3) is 2.49. The second-order valence-corrected chi connectivity index (χ2v) is 10.9. The highest BCUT2D eigenvalue weighted by molar-refractivity contribution is 8.71. The average molecular weight is 372 g/mol. The topological polar surface area (TPSA) is 42.1 Å². The SMILES string of the molecule is CC1=CC(C)=[N+]2C1=C(CSS(C)(=O)=O)c1c(C)cc(C)n1[B-]2(F)F. The van der Waals surface area contributed by atoms with Gasteiger partial charge in [0.1, 0.15) is 5.71 Å². The number of halogens is 2. The van der Waals surface area contributed by atoms with E-state index in [-0.39, 0.29) is 5.75 Å². The van der Waals surface area contributed by atoms with Crippen LogP contribution in [0.5, 0.6) is 0 Å². The first-order chi connectivity index (χ1) is 10.9. The van der Waals surface area contributed by atoms with Crippen LogP contribution in [0, 0.1) is 13.8 Å². The second kappa shape index (κ2) is 5.32. The van der Waals surface area contributed by atoms with Crippen LogP contribution in [-0.4, -0.2) is 42.1 Å². The summed E-state index contributed by atoms with van der Waals surface area (Å²) in [4.78, 5) is 0. The van der Waals surface area contributed by atoms with Crippen molar-refractivity contribution in [2.45, 2.75) is 27.7 Å². The van der Waals surface area contributed by atoms with Crippen molar-refractivity contribution in [3.8, 4) is 0 Å². The van der Waals surface area contributed by atoms with Gasteiger partial charge in [0.2, 0.25) is 0 Å². The Kier molecular flexibility index (Phi) is 3.88. The summed E-state index contributed by atoms with van der Waals surface area (Å²) in [5.41, 5.74) is 3.97. The molecule has 130 valence electrons. The highest BCUT2D eigenvalue weighted by Crippen LogP contribution is 2.42. The summed E-state index contributed by atoms with van der Waals surface area (Å²) in [5.74, 6) is 0.138. The van der Waals surface area contributed by atoms with Crippen molar-refractivity contribution >= 4 is 37.9 Å². The highest BCUT2D eigenvalue weighted by atomic mass is 33.1. The monoisotopic (exact) mass is 372 g/mol. The van der Waals surface area contributed by atoms with Crippen LogP contribution in [0.3, 0.4) is 0 Å². The molecule has 0 unspecified atom stereocenters. The molecule has 0 bridgehead atoms. The fraction of sp³-hybridized carbons (Fsp3) is 0.400. The Hall–Kier alpha value is -1.35. The molecule has 1 aromatic rings. The number of aromatic nitrogens is 1. The maximum Gasteiger partial charge on any atom is 0.737 e. The van der Waals surface area contributed by atoms with E-state index in [1.807, 2.05) is 0 Å². The highest BCUT2D eigenvalue weighted by Gasteiger charge is 2.54. The molecule has 2 aliphatic heterocycles. The van der Waals surface area contributed by atoms with E-state index in [0.717, 1.165) is 37.2 Å². The van der Waals surface area contributed by atoms with E-state index in [1.165, 1.54) is 0 Å². The standard InChI is InChI=1S/C15H19BF2N2O2S2/c1-9-6-11(3)19-14(9)13(8-23-24(5,21)22)15-10(2)7-12(4)20(15)16(19,17)18/h6-7H,8H2,1-5H3. The molecular weight excluding hydrogens is 353 g/mol. The van der Waals surface area contributed by atoms with Gasteiger partial charge in [0.05, 0.1) is 5.57 Å². The van der Waals surface area contributed by atoms with E-state index in [9.17, 15) is 8.42 Å². The van der Waals surface area contributed by atoms with Crippen molar-refractivity contribution in [3.63, 3.8) is 0 Å². The van der Waals surface area contributed by atoms with E-state index in [2.05, 4.69) is 0 Å². The molecule has 24 heavy (non-hydrogen) atoms.